The molecule has 1 aliphatic carbocycles. The molecular formula is C15H24N4O. The number of carbonyl (C=O) groups excluding carboxylic acids is 1. The summed E-state index contributed by atoms with van der Waals surface area (Å²) in [5, 5.41) is 6.30. The highest BCUT2D eigenvalue weighted by molar-refractivity contribution is 5.92. The molecule has 0 radical (unpaired) electrons. The summed E-state index contributed by atoms with van der Waals surface area (Å²) in [5.74, 6) is 1.69. The maximum absolute atomic E-state index is 12.1. The van der Waals surface area contributed by atoms with Gasteiger partial charge in [0, 0.05) is 18.7 Å². The number of hydrogen-bond acceptors (Lipinski definition) is 4. The summed E-state index contributed by atoms with van der Waals surface area (Å²) < 4.78 is 0. The molecule has 0 atom stereocenters. The van der Waals surface area contributed by atoms with Crippen molar-refractivity contribution >= 4 is 11.7 Å². The summed E-state index contributed by atoms with van der Waals surface area (Å²) in [7, 11) is 0. The highest BCUT2D eigenvalue weighted by atomic mass is 16.1. The number of nitrogens with one attached hydrogen (secondary N) is 2. The van der Waals surface area contributed by atoms with Gasteiger partial charge >= 0.3 is 0 Å². The minimum absolute atomic E-state index is 0.126. The number of anilines is 1. The summed E-state index contributed by atoms with van der Waals surface area (Å²) in [5.41, 5.74) is 0.443. The number of rotatable bonds is 5. The lowest BCUT2D eigenvalue weighted by molar-refractivity contribution is 0.0943. The highest BCUT2D eigenvalue weighted by Crippen LogP contribution is 2.21. The van der Waals surface area contributed by atoms with Gasteiger partial charge in [0.2, 0.25) is 0 Å². The predicted octanol–water partition coefficient (Wildman–Crippen LogP) is 2.53. The minimum Gasteiger partial charge on any atom is -0.367 e. The Bertz CT molecular complexity index is 467. The van der Waals surface area contributed by atoms with Crippen molar-refractivity contribution in [3.63, 3.8) is 0 Å². The van der Waals surface area contributed by atoms with Gasteiger partial charge in [-0.25, -0.2) is 9.97 Å². The molecule has 1 heterocycles. The van der Waals surface area contributed by atoms with Crippen molar-refractivity contribution in [2.75, 3.05) is 11.9 Å². The number of aryl methyl sites for hydroxylation is 1. The largest absolute Gasteiger partial charge is 0.367 e. The van der Waals surface area contributed by atoms with Crippen LogP contribution in [0.25, 0.3) is 0 Å². The fourth-order valence-corrected chi connectivity index (χ4v) is 2.42. The van der Waals surface area contributed by atoms with Gasteiger partial charge in [-0.1, -0.05) is 26.7 Å². The average molecular weight is 276 g/mol. The molecule has 2 N–H and O–H groups in total. The van der Waals surface area contributed by atoms with Gasteiger partial charge < -0.3 is 10.6 Å². The fourth-order valence-electron chi connectivity index (χ4n) is 2.42. The van der Waals surface area contributed by atoms with Crippen LogP contribution in [0.15, 0.2) is 6.07 Å². The van der Waals surface area contributed by atoms with E-state index in [1.807, 2.05) is 6.92 Å². The Labute approximate surface area is 120 Å². The standard InChI is InChI=1S/C15H24N4O/c1-10(2)9-16-15(20)13-8-14(18-11(3)17-13)19-12-6-4-5-7-12/h8,10,12H,4-7,9H2,1-3H3,(H,16,20)(H,17,18,19). The number of carbonyl (C=O) groups is 1. The van der Waals surface area contributed by atoms with Crippen molar-refractivity contribution < 1.29 is 4.79 Å². The average Bonchev–Trinajstić information content (AvgIpc) is 2.88. The molecule has 0 aliphatic heterocycles. The monoisotopic (exact) mass is 276 g/mol. The van der Waals surface area contributed by atoms with Crippen LogP contribution in [0.1, 0.15) is 55.8 Å². The fraction of sp³-hybridized carbons (Fsp3) is 0.667. The van der Waals surface area contributed by atoms with Crippen LogP contribution in [0.3, 0.4) is 0 Å². The summed E-state index contributed by atoms with van der Waals surface area (Å²) in [6.07, 6.45) is 4.89. The van der Waals surface area contributed by atoms with Crippen molar-refractivity contribution in [2.24, 2.45) is 5.92 Å². The van der Waals surface area contributed by atoms with Crippen LogP contribution in [0.2, 0.25) is 0 Å². The van der Waals surface area contributed by atoms with Crippen molar-refractivity contribution in [2.45, 2.75) is 52.5 Å². The van der Waals surface area contributed by atoms with E-state index in [9.17, 15) is 4.79 Å². The molecule has 20 heavy (non-hydrogen) atoms. The lowest BCUT2D eigenvalue weighted by Gasteiger charge is -2.14. The Morgan fingerprint density at radius 1 is 1.35 bits per heavy atom. The van der Waals surface area contributed by atoms with E-state index in [0.717, 1.165) is 5.82 Å². The molecule has 1 amide bonds. The van der Waals surface area contributed by atoms with E-state index in [-0.39, 0.29) is 5.91 Å². The van der Waals surface area contributed by atoms with Crippen molar-refractivity contribution in [3.8, 4) is 0 Å². The van der Waals surface area contributed by atoms with E-state index in [1.54, 1.807) is 6.07 Å². The van der Waals surface area contributed by atoms with Gasteiger partial charge in [-0.3, -0.25) is 4.79 Å². The molecule has 110 valence electrons. The van der Waals surface area contributed by atoms with Crippen LogP contribution in [-0.2, 0) is 0 Å². The van der Waals surface area contributed by atoms with Crippen LogP contribution >= 0.6 is 0 Å². The van der Waals surface area contributed by atoms with Gasteiger partial charge in [0.1, 0.15) is 17.3 Å². The zero-order chi connectivity index (χ0) is 14.5. The smallest absolute Gasteiger partial charge is 0.270 e. The van der Waals surface area contributed by atoms with Gasteiger partial charge in [-0.2, -0.15) is 0 Å². The second kappa shape index (κ2) is 6.68. The zero-order valence-corrected chi connectivity index (χ0v) is 12.6. The van der Waals surface area contributed by atoms with E-state index in [4.69, 9.17) is 0 Å². The number of amides is 1. The maximum atomic E-state index is 12.1. The summed E-state index contributed by atoms with van der Waals surface area (Å²) in [6.45, 7) is 6.61. The molecule has 2 rings (SSSR count). The predicted molar refractivity (Wildman–Crippen MR) is 79.8 cm³/mol. The molecule has 0 spiro atoms. The van der Waals surface area contributed by atoms with Gasteiger partial charge in [0.15, 0.2) is 0 Å². The first kappa shape index (κ1) is 14.8. The Morgan fingerprint density at radius 2 is 2.05 bits per heavy atom. The first-order chi connectivity index (χ1) is 9.54. The van der Waals surface area contributed by atoms with E-state index in [0.29, 0.717) is 30.0 Å². The topological polar surface area (TPSA) is 66.9 Å². The van der Waals surface area contributed by atoms with Gasteiger partial charge in [-0.05, 0) is 25.7 Å². The van der Waals surface area contributed by atoms with E-state index in [2.05, 4.69) is 34.4 Å². The lowest BCUT2D eigenvalue weighted by atomic mass is 10.2. The molecule has 0 unspecified atom stereocenters. The van der Waals surface area contributed by atoms with Gasteiger partial charge in [0.05, 0.1) is 0 Å². The third-order valence-electron chi connectivity index (χ3n) is 3.45. The van der Waals surface area contributed by atoms with Crippen molar-refractivity contribution in [1.29, 1.82) is 0 Å². The zero-order valence-electron chi connectivity index (χ0n) is 12.6. The second-order valence-electron chi connectivity index (χ2n) is 5.92. The van der Waals surface area contributed by atoms with Crippen molar-refractivity contribution in [1.82, 2.24) is 15.3 Å². The third-order valence-corrected chi connectivity index (χ3v) is 3.45. The van der Waals surface area contributed by atoms with Crippen LogP contribution < -0.4 is 10.6 Å². The molecule has 5 nitrogen and oxygen atoms in total. The maximum Gasteiger partial charge on any atom is 0.270 e. The summed E-state index contributed by atoms with van der Waals surface area (Å²) in [6, 6.07) is 2.23. The quantitative estimate of drug-likeness (QED) is 0.867. The Morgan fingerprint density at radius 3 is 2.70 bits per heavy atom. The number of aromatic nitrogens is 2. The van der Waals surface area contributed by atoms with Crippen LogP contribution in [-0.4, -0.2) is 28.5 Å². The molecule has 0 saturated heterocycles. The summed E-state index contributed by atoms with van der Waals surface area (Å²) >= 11 is 0. The SMILES string of the molecule is Cc1nc(NC2CCCC2)cc(C(=O)NCC(C)C)n1. The highest BCUT2D eigenvalue weighted by Gasteiger charge is 2.17. The Hall–Kier alpha value is -1.65. The molecule has 5 heteroatoms. The first-order valence-corrected chi connectivity index (χ1v) is 7.45. The molecular weight excluding hydrogens is 252 g/mol. The molecule has 0 bridgehead atoms. The van der Waals surface area contributed by atoms with Gasteiger partial charge in [-0.15, -0.1) is 0 Å². The Kier molecular flexibility index (Phi) is 4.93. The van der Waals surface area contributed by atoms with E-state index < -0.39 is 0 Å². The van der Waals surface area contributed by atoms with Crippen LogP contribution in [0.5, 0.6) is 0 Å². The molecule has 1 aromatic heterocycles. The number of hydrogen-bond donors (Lipinski definition) is 2. The van der Waals surface area contributed by atoms with E-state index >= 15 is 0 Å². The normalized spacial score (nSPS) is 15.6. The molecule has 0 aromatic carbocycles. The molecule has 1 aliphatic rings. The van der Waals surface area contributed by atoms with Crippen LogP contribution in [0.4, 0.5) is 5.82 Å². The minimum atomic E-state index is -0.126. The third kappa shape index (κ3) is 4.18. The second-order valence-corrected chi connectivity index (χ2v) is 5.92. The van der Waals surface area contributed by atoms with Crippen LogP contribution in [0, 0.1) is 12.8 Å². The molecule has 1 saturated carbocycles. The lowest BCUT2D eigenvalue weighted by Crippen LogP contribution is -2.28. The first-order valence-electron chi connectivity index (χ1n) is 7.45. The Balaban J connectivity index is 2.05. The molecule has 1 aromatic rings. The van der Waals surface area contributed by atoms with Crippen molar-refractivity contribution in [3.05, 3.63) is 17.6 Å². The number of nitrogens with zero attached hydrogens (tertiary/aromatic N) is 2. The molecule has 1 fully saturated rings. The van der Waals surface area contributed by atoms with E-state index in [1.165, 1.54) is 25.7 Å². The van der Waals surface area contributed by atoms with Gasteiger partial charge in [0.25, 0.3) is 5.91 Å². The summed E-state index contributed by atoms with van der Waals surface area (Å²) in [4.78, 5) is 20.7.